The maximum atomic E-state index is 13.1. The van der Waals surface area contributed by atoms with Crippen molar-refractivity contribution in [3.63, 3.8) is 0 Å². The number of aromatic nitrogens is 1. The van der Waals surface area contributed by atoms with Crippen LogP contribution in [0.2, 0.25) is 5.02 Å². The van der Waals surface area contributed by atoms with Crippen LogP contribution in [0.25, 0.3) is 0 Å². The number of halogens is 3. The highest BCUT2D eigenvalue weighted by Crippen LogP contribution is 2.32. The SMILES string of the molecule is Cc1cc(Cl)cc(C)c1Oc1ncc(F)cc1CCl. The van der Waals surface area contributed by atoms with E-state index in [0.717, 1.165) is 17.3 Å². The first-order valence-electron chi connectivity index (χ1n) is 5.66. The molecular formula is C14H12Cl2FNO. The average Bonchev–Trinajstić information content (AvgIpc) is 2.35. The Morgan fingerprint density at radius 2 is 1.84 bits per heavy atom. The number of ether oxygens (including phenoxy) is 1. The molecule has 0 aliphatic heterocycles. The van der Waals surface area contributed by atoms with Gasteiger partial charge >= 0.3 is 0 Å². The molecule has 1 heterocycles. The molecule has 2 rings (SSSR count). The Kier molecular flexibility index (Phi) is 4.27. The van der Waals surface area contributed by atoms with Gasteiger partial charge in [0.1, 0.15) is 11.6 Å². The monoisotopic (exact) mass is 299 g/mol. The van der Waals surface area contributed by atoms with Gasteiger partial charge < -0.3 is 4.74 Å². The van der Waals surface area contributed by atoms with Gasteiger partial charge in [0, 0.05) is 10.6 Å². The lowest BCUT2D eigenvalue weighted by Crippen LogP contribution is -1.97. The molecule has 0 bridgehead atoms. The molecule has 0 saturated carbocycles. The van der Waals surface area contributed by atoms with Crippen LogP contribution in [0.3, 0.4) is 0 Å². The van der Waals surface area contributed by atoms with Crippen LogP contribution in [0.4, 0.5) is 4.39 Å². The van der Waals surface area contributed by atoms with Crippen molar-refractivity contribution < 1.29 is 9.13 Å². The third-order valence-electron chi connectivity index (χ3n) is 2.66. The van der Waals surface area contributed by atoms with Crippen molar-refractivity contribution in [1.29, 1.82) is 0 Å². The molecule has 19 heavy (non-hydrogen) atoms. The number of aryl methyl sites for hydroxylation is 2. The van der Waals surface area contributed by atoms with Crippen molar-refractivity contribution in [2.24, 2.45) is 0 Å². The quantitative estimate of drug-likeness (QED) is 0.742. The maximum absolute atomic E-state index is 13.1. The van der Waals surface area contributed by atoms with Gasteiger partial charge in [-0.05, 0) is 43.2 Å². The molecule has 1 aromatic heterocycles. The van der Waals surface area contributed by atoms with E-state index in [2.05, 4.69) is 4.98 Å². The van der Waals surface area contributed by atoms with Crippen molar-refractivity contribution in [2.45, 2.75) is 19.7 Å². The van der Waals surface area contributed by atoms with E-state index in [0.29, 0.717) is 22.2 Å². The Bertz CT molecular complexity index is 593. The van der Waals surface area contributed by atoms with Crippen LogP contribution in [-0.4, -0.2) is 4.98 Å². The van der Waals surface area contributed by atoms with Crippen LogP contribution in [-0.2, 0) is 5.88 Å². The fraction of sp³-hybridized carbons (Fsp3) is 0.214. The highest BCUT2D eigenvalue weighted by molar-refractivity contribution is 6.30. The minimum absolute atomic E-state index is 0.131. The number of hydrogen-bond donors (Lipinski definition) is 0. The normalized spacial score (nSPS) is 10.6. The van der Waals surface area contributed by atoms with E-state index in [9.17, 15) is 4.39 Å². The zero-order valence-electron chi connectivity index (χ0n) is 10.5. The summed E-state index contributed by atoms with van der Waals surface area (Å²) in [6.45, 7) is 3.77. The molecule has 0 spiro atoms. The number of rotatable bonds is 3. The zero-order valence-corrected chi connectivity index (χ0v) is 12.0. The van der Waals surface area contributed by atoms with Crippen LogP contribution in [0.1, 0.15) is 16.7 Å². The van der Waals surface area contributed by atoms with Crippen molar-refractivity contribution in [2.75, 3.05) is 0 Å². The lowest BCUT2D eigenvalue weighted by molar-refractivity contribution is 0.448. The number of nitrogens with zero attached hydrogens (tertiary/aromatic N) is 1. The Morgan fingerprint density at radius 1 is 1.21 bits per heavy atom. The first kappa shape index (κ1) is 14.1. The van der Waals surface area contributed by atoms with Crippen LogP contribution >= 0.6 is 23.2 Å². The Morgan fingerprint density at radius 3 is 2.42 bits per heavy atom. The third-order valence-corrected chi connectivity index (χ3v) is 3.17. The summed E-state index contributed by atoms with van der Waals surface area (Å²) in [5.41, 5.74) is 2.28. The molecule has 0 aliphatic rings. The molecule has 0 saturated heterocycles. The second-order valence-corrected chi connectivity index (χ2v) is 4.93. The second-order valence-electron chi connectivity index (χ2n) is 4.22. The number of alkyl halides is 1. The Labute approximate surface area is 121 Å². The first-order valence-corrected chi connectivity index (χ1v) is 6.57. The fourth-order valence-electron chi connectivity index (χ4n) is 1.81. The molecule has 5 heteroatoms. The van der Waals surface area contributed by atoms with Crippen molar-refractivity contribution >= 4 is 23.2 Å². The van der Waals surface area contributed by atoms with E-state index >= 15 is 0 Å². The van der Waals surface area contributed by atoms with E-state index in [-0.39, 0.29) is 5.88 Å². The van der Waals surface area contributed by atoms with E-state index < -0.39 is 5.82 Å². The second kappa shape index (κ2) is 5.76. The molecule has 0 amide bonds. The van der Waals surface area contributed by atoms with Gasteiger partial charge in [0.25, 0.3) is 0 Å². The van der Waals surface area contributed by atoms with Crippen LogP contribution < -0.4 is 4.74 Å². The summed E-state index contributed by atoms with van der Waals surface area (Å²) >= 11 is 11.7. The molecule has 0 fully saturated rings. The largest absolute Gasteiger partial charge is 0.438 e. The highest BCUT2D eigenvalue weighted by Gasteiger charge is 2.12. The van der Waals surface area contributed by atoms with Crippen LogP contribution in [0.5, 0.6) is 11.6 Å². The highest BCUT2D eigenvalue weighted by atomic mass is 35.5. The van der Waals surface area contributed by atoms with Gasteiger partial charge in [-0.2, -0.15) is 0 Å². The van der Waals surface area contributed by atoms with Gasteiger partial charge in [0.15, 0.2) is 0 Å². The minimum atomic E-state index is -0.437. The van der Waals surface area contributed by atoms with Gasteiger partial charge in [-0.15, -0.1) is 11.6 Å². The van der Waals surface area contributed by atoms with Gasteiger partial charge in [-0.25, -0.2) is 9.37 Å². The van der Waals surface area contributed by atoms with Crippen molar-refractivity contribution in [3.05, 3.63) is 51.9 Å². The summed E-state index contributed by atoms with van der Waals surface area (Å²) in [6.07, 6.45) is 1.10. The fourth-order valence-corrected chi connectivity index (χ4v) is 2.33. The van der Waals surface area contributed by atoms with E-state index in [1.54, 1.807) is 12.1 Å². The molecule has 0 unspecified atom stereocenters. The summed E-state index contributed by atoms with van der Waals surface area (Å²) in [7, 11) is 0. The smallest absolute Gasteiger partial charge is 0.223 e. The molecule has 2 nitrogen and oxygen atoms in total. The summed E-state index contributed by atoms with van der Waals surface area (Å²) in [5, 5.41) is 0.645. The molecule has 100 valence electrons. The third kappa shape index (κ3) is 3.17. The molecule has 0 radical (unpaired) electrons. The van der Waals surface area contributed by atoms with Gasteiger partial charge in [-0.3, -0.25) is 0 Å². The molecule has 0 atom stereocenters. The predicted molar refractivity (Wildman–Crippen MR) is 74.8 cm³/mol. The molecular weight excluding hydrogens is 288 g/mol. The lowest BCUT2D eigenvalue weighted by atomic mass is 10.1. The van der Waals surface area contributed by atoms with Gasteiger partial charge in [0.05, 0.1) is 12.1 Å². The minimum Gasteiger partial charge on any atom is -0.438 e. The summed E-state index contributed by atoms with van der Waals surface area (Å²) < 4.78 is 18.8. The Hall–Kier alpha value is -1.32. The first-order chi connectivity index (χ1) is 9.01. The topological polar surface area (TPSA) is 22.1 Å². The summed E-state index contributed by atoms with van der Waals surface area (Å²) in [5.74, 6) is 0.665. The molecule has 2 aromatic rings. The molecule has 1 aromatic carbocycles. The number of hydrogen-bond acceptors (Lipinski definition) is 2. The van der Waals surface area contributed by atoms with Gasteiger partial charge in [0.2, 0.25) is 5.88 Å². The number of benzene rings is 1. The van der Waals surface area contributed by atoms with Crippen molar-refractivity contribution in [3.8, 4) is 11.6 Å². The van der Waals surface area contributed by atoms with Crippen LogP contribution in [0, 0.1) is 19.7 Å². The maximum Gasteiger partial charge on any atom is 0.223 e. The predicted octanol–water partition coefficient (Wildman–Crippen LogP) is 5.02. The van der Waals surface area contributed by atoms with Gasteiger partial charge in [-0.1, -0.05) is 11.6 Å². The standard InChI is InChI=1S/C14H12Cl2FNO/c1-8-3-11(16)4-9(2)13(8)19-14-10(6-15)5-12(17)7-18-14/h3-5,7H,6H2,1-2H3. The lowest BCUT2D eigenvalue weighted by Gasteiger charge is -2.13. The molecule has 0 N–H and O–H groups in total. The van der Waals surface area contributed by atoms with E-state index in [1.807, 2.05) is 13.8 Å². The van der Waals surface area contributed by atoms with Crippen LogP contribution in [0.15, 0.2) is 24.4 Å². The van der Waals surface area contributed by atoms with E-state index in [1.165, 1.54) is 6.07 Å². The Balaban J connectivity index is 2.42. The summed E-state index contributed by atoms with van der Waals surface area (Å²) in [6, 6.07) is 4.91. The summed E-state index contributed by atoms with van der Waals surface area (Å²) in [4.78, 5) is 3.93. The number of pyridine rings is 1. The zero-order chi connectivity index (χ0) is 14.0. The van der Waals surface area contributed by atoms with Crippen molar-refractivity contribution in [1.82, 2.24) is 4.98 Å². The average molecular weight is 300 g/mol. The molecule has 0 aliphatic carbocycles. The van der Waals surface area contributed by atoms with E-state index in [4.69, 9.17) is 27.9 Å².